The number of para-hydroxylation sites is 2. The quantitative estimate of drug-likeness (QED) is 0.866. The molecule has 2 aromatic rings. The van der Waals surface area contributed by atoms with Gasteiger partial charge in [-0.05, 0) is 30.7 Å². The van der Waals surface area contributed by atoms with Crippen LogP contribution in [0, 0.1) is 5.82 Å². The summed E-state index contributed by atoms with van der Waals surface area (Å²) in [6.07, 6.45) is 0.456. The lowest BCUT2D eigenvalue weighted by molar-refractivity contribution is -0.117. The van der Waals surface area contributed by atoms with Gasteiger partial charge in [0.2, 0.25) is 5.91 Å². The van der Waals surface area contributed by atoms with Crippen LogP contribution in [-0.2, 0) is 4.79 Å². The van der Waals surface area contributed by atoms with E-state index >= 15 is 0 Å². The van der Waals surface area contributed by atoms with E-state index < -0.39 is 11.7 Å². The zero-order valence-electron chi connectivity index (χ0n) is 13.1. The van der Waals surface area contributed by atoms with E-state index in [9.17, 15) is 14.0 Å². The Morgan fingerprint density at radius 3 is 2.84 bits per heavy atom. The molecule has 1 saturated heterocycles. The summed E-state index contributed by atoms with van der Waals surface area (Å²) >= 11 is 5.95. The van der Waals surface area contributed by atoms with Gasteiger partial charge >= 0.3 is 0 Å². The fourth-order valence-corrected chi connectivity index (χ4v) is 3.72. The van der Waals surface area contributed by atoms with Crippen LogP contribution >= 0.6 is 11.6 Å². The number of rotatable bonds is 2. The van der Waals surface area contributed by atoms with Crippen LogP contribution in [0.4, 0.5) is 15.8 Å². The molecule has 2 unspecified atom stereocenters. The molecule has 0 saturated carbocycles. The Morgan fingerprint density at radius 1 is 1.24 bits per heavy atom. The third-order valence-electron chi connectivity index (χ3n) is 4.60. The molecule has 1 fully saturated rings. The molecule has 2 atom stereocenters. The zero-order chi connectivity index (χ0) is 17.6. The van der Waals surface area contributed by atoms with E-state index in [1.165, 1.54) is 18.2 Å². The van der Waals surface area contributed by atoms with Gasteiger partial charge in [0, 0.05) is 12.6 Å². The Bertz CT molecular complexity index is 853. The maximum atomic E-state index is 13.9. The Hall–Kier alpha value is -2.60. The largest absolute Gasteiger partial charge is 0.356 e. The standard InChI is InChI=1S/C18H15ClFN3O2/c19-11-4-3-5-12(20)16(11)18(25)21-10-8-15-17(24)22-13-6-1-2-7-14(13)23(15)9-10/h1-7,10,15H,8-9H2,(H,21,25)(H,22,24). The number of amides is 2. The van der Waals surface area contributed by atoms with Crippen LogP contribution in [0.25, 0.3) is 0 Å². The van der Waals surface area contributed by atoms with Crippen molar-refractivity contribution in [2.75, 3.05) is 16.8 Å². The lowest BCUT2D eigenvalue weighted by Crippen LogP contribution is -2.44. The highest BCUT2D eigenvalue weighted by Crippen LogP contribution is 2.36. The molecule has 0 aliphatic carbocycles. The molecular weight excluding hydrogens is 345 g/mol. The maximum Gasteiger partial charge on any atom is 0.256 e. The molecule has 0 radical (unpaired) electrons. The van der Waals surface area contributed by atoms with E-state index in [2.05, 4.69) is 10.6 Å². The van der Waals surface area contributed by atoms with Crippen molar-refractivity contribution >= 4 is 34.8 Å². The van der Waals surface area contributed by atoms with Crippen molar-refractivity contribution in [3.63, 3.8) is 0 Å². The summed E-state index contributed by atoms with van der Waals surface area (Å²) in [5.74, 6) is -1.33. The van der Waals surface area contributed by atoms with Crippen LogP contribution in [-0.4, -0.2) is 30.4 Å². The predicted octanol–water partition coefficient (Wildman–Crippen LogP) is 2.81. The van der Waals surface area contributed by atoms with Crippen LogP contribution in [0.5, 0.6) is 0 Å². The average molecular weight is 360 g/mol. The summed E-state index contributed by atoms with van der Waals surface area (Å²) in [6.45, 7) is 0.479. The molecule has 4 rings (SSSR count). The number of hydrogen-bond acceptors (Lipinski definition) is 3. The van der Waals surface area contributed by atoms with Gasteiger partial charge < -0.3 is 15.5 Å². The average Bonchev–Trinajstić information content (AvgIpc) is 2.99. The van der Waals surface area contributed by atoms with Gasteiger partial charge in [-0.25, -0.2) is 4.39 Å². The van der Waals surface area contributed by atoms with Crippen LogP contribution in [0.15, 0.2) is 42.5 Å². The number of carbonyl (C=O) groups is 2. The van der Waals surface area contributed by atoms with Crippen molar-refractivity contribution in [3.05, 3.63) is 58.9 Å². The van der Waals surface area contributed by atoms with Crippen molar-refractivity contribution in [1.82, 2.24) is 5.32 Å². The Balaban J connectivity index is 1.55. The van der Waals surface area contributed by atoms with E-state index in [-0.39, 0.29) is 28.6 Å². The number of anilines is 2. The number of fused-ring (bicyclic) bond motifs is 3. The number of halogens is 2. The minimum atomic E-state index is -0.663. The molecule has 0 aromatic heterocycles. The van der Waals surface area contributed by atoms with Crippen molar-refractivity contribution in [1.29, 1.82) is 0 Å². The Morgan fingerprint density at radius 2 is 2.04 bits per heavy atom. The van der Waals surface area contributed by atoms with Gasteiger partial charge in [-0.15, -0.1) is 0 Å². The van der Waals surface area contributed by atoms with Crippen LogP contribution in [0.1, 0.15) is 16.8 Å². The SMILES string of the molecule is O=C(NC1CC2C(=O)Nc3ccccc3N2C1)c1c(F)cccc1Cl. The Kier molecular flexibility index (Phi) is 3.84. The highest BCUT2D eigenvalue weighted by Gasteiger charge is 2.41. The highest BCUT2D eigenvalue weighted by molar-refractivity contribution is 6.33. The number of nitrogens with one attached hydrogen (secondary N) is 2. The topological polar surface area (TPSA) is 61.4 Å². The second-order valence-corrected chi connectivity index (χ2v) is 6.58. The first-order chi connectivity index (χ1) is 12.0. The van der Waals surface area contributed by atoms with Crippen molar-refractivity contribution < 1.29 is 14.0 Å². The van der Waals surface area contributed by atoms with E-state index in [0.717, 1.165) is 11.4 Å². The van der Waals surface area contributed by atoms with Crippen molar-refractivity contribution in [3.8, 4) is 0 Å². The van der Waals surface area contributed by atoms with E-state index in [4.69, 9.17) is 11.6 Å². The summed E-state index contributed by atoms with van der Waals surface area (Å²) in [5, 5.41) is 5.75. The molecule has 2 aliphatic rings. The molecule has 25 heavy (non-hydrogen) atoms. The highest BCUT2D eigenvalue weighted by atomic mass is 35.5. The molecule has 2 aromatic carbocycles. The van der Waals surface area contributed by atoms with Gasteiger partial charge in [-0.1, -0.05) is 29.8 Å². The molecule has 2 aliphatic heterocycles. The first kappa shape index (κ1) is 15.9. The summed E-state index contributed by atoms with van der Waals surface area (Å²) < 4.78 is 13.9. The van der Waals surface area contributed by atoms with Gasteiger partial charge in [0.25, 0.3) is 5.91 Å². The molecule has 5 nitrogen and oxygen atoms in total. The second kappa shape index (κ2) is 6.04. The van der Waals surface area contributed by atoms with Crippen molar-refractivity contribution in [2.45, 2.75) is 18.5 Å². The first-order valence-corrected chi connectivity index (χ1v) is 8.34. The zero-order valence-corrected chi connectivity index (χ0v) is 13.9. The van der Waals surface area contributed by atoms with E-state index in [1.54, 1.807) is 0 Å². The normalized spacial score (nSPS) is 21.4. The second-order valence-electron chi connectivity index (χ2n) is 6.18. The van der Waals surface area contributed by atoms with Crippen LogP contribution in [0.2, 0.25) is 5.02 Å². The number of nitrogens with zero attached hydrogens (tertiary/aromatic N) is 1. The van der Waals surface area contributed by atoms with Gasteiger partial charge in [0.1, 0.15) is 11.9 Å². The fraction of sp³-hybridized carbons (Fsp3) is 0.222. The molecule has 2 amide bonds. The molecule has 0 bridgehead atoms. The molecule has 128 valence electrons. The molecule has 0 spiro atoms. The maximum absolute atomic E-state index is 13.9. The van der Waals surface area contributed by atoms with Crippen LogP contribution < -0.4 is 15.5 Å². The smallest absolute Gasteiger partial charge is 0.256 e. The lowest BCUT2D eigenvalue weighted by Gasteiger charge is -2.32. The summed E-state index contributed by atoms with van der Waals surface area (Å²) in [4.78, 5) is 26.7. The molecule has 2 N–H and O–H groups in total. The van der Waals surface area contributed by atoms with Crippen LogP contribution in [0.3, 0.4) is 0 Å². The third kappa shape index (κ3) is 2.72. The minimum Gasteiger partial charge on any atom is -0.356 e. The number of carbonyl (C=O) groups excluding carboxylic acids is 2. The first-order valence-electron chi connectivity index (χ1n) is 7.96. The summed E-state index contributed by atoms with van der Waals surface area (Å²) in [5.41, 5.74) is 1.51. The fourth-order valence-electron chi connectivity index (χ4n) is 3.47. The monoisotopic (exact) mass is 359 g/mol. The van der Waals surface area contributed by atoms with Gasteiger partial charge in [-0.3, -0.25) is 9.59 Å². The third-order valence-corrected chi connectivity index (χ3v) is 4.92. The minimum absolute atomic E-state index is 0.0660. The molecule has 7 heteroatoms. The number of benzene rings is 2. The summed E-state index contributed by atoms with van der Waals surface area (Å²) in [6, 6.07) is 11.0. The van der Waals surface area contributed by atoms with Crippen molar-refractivity contribution in [2.24, 2.45) is 0 Å². The number of hydrogen-bond donors (Lipinski definition) is 2. The lowest BCUT2D eigenvalue weighted by atomic mass is 10.1. The molecule has 2 heterocycles. The Labute approximate surface area is 148 Å². The van der Waals surface area contributed by atoms with E-state index in [0.29, 0.717) is 13.0 Å². The molecular formula is C18H15ClFN3O2. The summed E-state index contributed by atoms with van der Waals surface area (Å²) in [7, 11) is 0. The van der Waals surface area contributed by atoms with Gasteiger partial charge in [0.15, 0.2) is 0 Å². The van der Waals surface area contributed by atoms with E-state index in [1.807, 2.05) is 29.2 Å². The predicted molar refractivity (Wildman–Crippen MR) is 93.5 cm³/mol. The van der Waals surface area contributed by atoms with Gasteiger partial charge in [-0.2, -0.15) is 0 Å². The van der Waals surface area contributed by atoms with Gasteiger partial charge in [0.05, 0.1) is 22.0 Å².